The molecule has 0 unspecified atom stereocenters. The summed E-state index contributed by atoms with van der Waals surface area (Å²) < 4.78 is 2.56. The Morgan fingerprint density at radius 2 is 1.91 bits per heavy atom. The SMILES string of the molecule is Cc1ccc(Cl)cc1-n1c(CCc2ccccc2)n[nH]c1=S. The molecule has 1 heterocycles. The summed E-state index contributed by atoms with van der Waals surface area (Å²) in [5, 5.41) is 7.96. The van der Waals surface area contributed by atoms with Crippen LogP contribution >= 0.6 is 23.8 Å². The number of benzene rings is 2. The molecule has 0 radical (unpaired) electrons. The summed E-state index contributed by atoms with van der Waals surface area (Å²) in [4.78, 5) is 0. The van der Waals surface area contributed by atoms with E-state index in [1.165, 1.54) is 5.56 Å². The molecule has 0 aliphatic carbocycles. The summed E-state index contributed by atoms with van der Waals surface area (Å²) in [5.74, 6) is 0.916. The van der Waals surface area contributed by atoms with Crippen molar-refractivity contribution in [3.05, 3.63) is 75.3 Å². The molecule has 0 saturated carbocycles. The van der Waals surface area contributed by atoms with Crippen molar-refractivity contribution in [3.8, 4) is 5.69 Å². The average molecular weight is 330 g/mol. The Morgan fingerprint density at radius 1 is 1.14 bits per heavy atom. The second-order valence-corrected chi connectivity index (χ2v) is 6.02. The van der Waals surface area contributed by atoms with Crippen LogP contribution in [0.2, 0.25) is 5.02 Å². The van der Waals surface area contributed by atoms with Crippen molar-refractivity contribution in [2.24, 2.45) is 0 Å². The van der Waals surface area contributed by atoms with Crippen molar-refractivity contribution in [3.63, 3.8) is 0 Å². The van der Waals surface area contributed by atoms with Gasteiger partial charge in [0, 0.05) is 11.4 Å². The molecule has 3 aromatic rings. The molecule has 0 aliphatic rings. The van der Waals surface area contributed by atoms with Gasteiger partial charge in [0.15, 0.2) is 4.77 Å². The zero-order valence-electron chi connectivity index (χ0n) is 12.2. The Bertz CT molecular complexity index is 837. The fraction of sp³-hybridized carbons (Fsp3) is 0.176. The highest BCUT2D eigenvalue weighted by Crippen LogP contribution is 2.21. The first-order valence-electron chi connectivity index (χ1n) is 7.12. The van der Waals surface area contributed by atoms with Gasteiger partial charge in [-0.1, -0.05) is 48.0 Å². The minimum absolute atomic E-state index is 0.591. The van der Waals surface area contributed by atoms with Crippen molar-refractivity contribution in [2.45, 2.75) is 19.8 Å². The Hall–Kier alpha value is -1.91. The van der Waals surface area contributed by atoms with E-state index in [1.54, 1.807) is 0 Å². The summed E-state index contributed by atoms with van der Waals surface area (Å²) in [6.07, 6.45) is 1.73. The van der Waals surface area contributed by atoms with E-state index in [4.69, 9.17) is 23.8 Å². The first kappa shape index (κ1) is 15.0. The Morgan fingerprint density at radius 3 is 2.68 bits per heavy atom. The molecule has 22 heavy (non-hydrogen) atoms. The number of hydrogen-bond acceptors (Lipinski definition) is 2. The van der Waals surface area contributed by atoms with Crippen LogP contribution < -0.4 is 0 Å². The van der Waals surface area contributed by atoms with E-state index in [2.05, 4.69) is 22.3 Å². The second kappa shape index (κ2) is 6.46. The molecule has 0 fully saturated rings. The highest BCUT2D eigenvalue weighted by atomic mass is 35.5. The first-order chi connectivity index (χ1) is 10.6. The van der Waals surface area contributed by atoms with Gasteiger partial charge < -0.3 is 0 Å². The van der Waals surface area contributed by atoms with Gasteiger partial charge in [-0.05, 0) is 48.8 Å². The van der Waals surface area contributed by atoms with Crippen LogP contribution in [0.5, 0.6) is 0 Å². The summed E-state index contributed by atoms with van der Waals surface area (Å²) in [7, 11) is 0. The molecule has 0 aliphatic heterocycles. The van der Waals surface area contributed by atoms with Gasteiger partial charge in [0.25, 0.3) is 0 Å². The van der Waals surface area contributed by atoms with Crippen LogP contribution in [0.3, 0.4) is 0 Å². The molecule has 0 bridgehead atoms. The third-order valence-electron chi connectivity index (χ3n) is 3.63. The molecule has 0 saturated heterocycles. The molecular formula is C17H16ClN3S. The van der Waals surface area contributed by atoms with Crippen molar-refractivity contribution in [1.29, 1.82) is 0 Å². The van der Waals surface area contributed by atoms with Gasteiger partial charge in [-0.3, -0.25) is 9.67 Å². The number of H-pyrrole nitrogens is 1. The Kier molecular flexibility index (Phi) is 4.41. The van der Waals surface area contributed by atoms with Crippen molar-refractivity contribution < 1.29 is 0 Å². The molecule has 1 N–H and O–H groups in total. The smallest absolute Gasteiger partial charge is 0.199 e. The summed E-state index contributed by atoms with van der Waals surface area (Å²) in [5.41, 5.74) is 3.38. The number of halogens is 1. The van der Waals surface area contributed by atoms with Gasteiger partial charge in [0.1, 0.15) is 5.82 Å². The number of aromatic amines is 1. The maximum Gasteiger partial charge on any atom is 0.199 e. The second-order valence-electron chi connectivity index (χ2n) is 5.20. The molecule has 112 valence electrons. The van der Waals surface area contributed by atoms with Crippen LogP contribution in [0.25, 0.3) is 5.69 Å². The van der Waals surface area contributed by atoms with Gasteiger partial charge in [-0.15, -0.1) is 0 Å². The van der Waals surface area contributed by atoms with Crippen LogP contribution in [0.1, 0.15) is 17.0 Å². The summed E-state index contributed by atoms with van der Waals surface area (Å²) in [6, 6.07) is 16.2. The van der Waals surface area contributed by atoms with Crippen molar-refractivity contribution >= 4 is 23.8 Å². The lowest BCUT2D eigenvalue weighted by Gasteiger charge is -2.10. The topological polar surface area (TPSA) is 33.6 Å². The van der Waals surface area contributed by atoms with Gasteiger partial charge in [0.2, 0.25) is 0 Å². The lowest BCUT2D eigenvalue weighted by molar-refractivity contribution is 0.817. The maximum atomic E-state index is 6.13. The minimum Gasteiger partial charge on any atom is -0.272 e. The van der Waals surface area contributed by atoms with Crippen LogP contribution in [0, 0.1) is 11.7 Å². The molecule has 2 aromatic carbocycles. The quantitative estimate of drug-likeness (QED) is 0.705. The van der Waals surface area contributed by atoms with Crippen molar-refractivity contribution in [1.82, 2.24) is 14.8 Å². The molecule has 5 heteroatoms. The fourth-order valence-corrected chi connectivity index (χ4v) is 2.89. The third kappa shape index (κ3) is 3.13. The molecule has 0 amide bonds. The summed E-state index contributed by atoms with van der Waals surface area (Å²) >= 11 is 11.5. The van der Waals surface area contributed by atoms with E-state index in [0.717, 1.165) is 29.9 Å². The normalized spacial score (nSPS) is 10.8. The van der Waals surface area contributed by atoms with E-state index in [-0.39, 0.29) is 0 Å². The average Bonchev–Trinajstić information content (AvgIpc) is 2.89. The molecule has 3 nitrogen and oxygen atoms in total. The number of aromatic nitrogens is 3. The number of aryl methyl sites for hydroxylation is 3. The number of nitrogens with one attached hydrogen (secondary N) is 1. The van der Waals surface area contributed by atoms with Gasteiger partial charge in [-0.25, -0.2) is 0 Å². The van der Waals surface area contributed by atoms with Crippen LogP contribution in [-0.2, 0) is 12.8 Å². The number of rotatable bonds is 4. The van der Waals surface area contributed by atoms with Gasteiger partial charge >= 0.3 is 0 Å². The van der Waals surface area contributed by atoms with Crippen LogP contribution in [0.15, 0.2) is 48.5 Å². The maximum absolute atomic E-state index is 6.13. The largest absolute Gasteiger partial charge is 0.272 e. The zero-order valence-corrected chi connectivity index (χ0v) is 13.8. The lowest BCUT2D eigenvalue weighted by atomic mass is 10.1. The molecule has 0 spiro atoms. The molecular weight excluding hydrogens is 314 g/mol. The number of nitrogens with zero attached hydrogens (tertiary/aromatic N) is 2. The fourth-order valence-electron chi connectivity index (χ4n) is 2.47. The minimum atomic E-state index is 0.591. The summed E-state index contributed by atoms with van der Waals surface area (Å²) in [6.45, 7) is 2.04. The Labute approximate surface area is 139 Å². The highest BCUT2D eigenvalue weighted by Gasteiger charge is 2.11. The molecule has 1 aromatic heterocycles. The van der Waals surface area contributed by atoms with Crippen LogP contribution in [0.4, 0.5) is 0 Å². The molecule has 0 atom stereocenters. The first-order valence-corrected chi connectivity index (χ1v) is 7.90. The van der Waals surface area contributed by atoms with E-state index >= 15 is 0 Å². The third-order valence-corrected chi connectivity index (χ3v) is 4.14. The zero-order chi connectivity index (χ0) is 15.5. The number of hydrogen-bond donors (Lipinski definition) is 1. The van der Waals surface area contributed by atoms with E-state index in [1.807, 2.05) is 47.9 Å². The predicted octanol–water partition coefficient (Wildman–Crippen LogP) is 4.68. The lowest BCUT2D eigenvalue weighted by Crippen LogP contribution is -2.05. The predicted molar refractivity (Wildman–Crippen MR) is 92.3 cm³/mol. The van der Waals surface area contributed by atoms with Gasteiger partial charge in [0.05, 0.1) is 5.69 Å². The molecule has 3 rings (SSSR count). The highest BCUT2D eigenvalue weighted by molar-refractivity contribution is 7.71. The van der Waals surface area contributed by atoms with E-state index < -0.39 is 0 Å². The van der Waals surface area contributed by atoms with E-state index in [0.29, 0.717) is 9.79 Å². The van der Waals surface area contributed by atoms with Crippen LogP contribution in [-0.4, -0.2) is 14.8 Å². The Balaban J connectivity index is 1.94. The monoisotopic (exact) mass is 329 g/mol. The van der Waals surface area contributed by atoms with Crippen molar-refractivity contribution in [2.75, 3.05) is 0 Å². The van der Waals surface area contributed by atoms with E-state index in [9.17, 15) is 0 Å². The standard InChI is InChI=1S/C17H16ClN3S/c1-12-7-9-14(18)11-15(12)21-16(19-20-17(21)22)10-8-13-5-3-2-4-6-13/h2-7,9,11H,8,10H2,1H3,(H,20,22). The van der Waals surface area contributed by atoms with Gasteiger partial charge in [-0.2, -0.15) is 5.10 Å².